The van der Waals surface area contributed by atoms with Crippen molar-refractivity contribution >= 4 is 5.96 Å². The SMILES string of the molecule is CC1CCCC(C)N1C(N)=NC(C)(C)C. The summed E-state index contributed by atoms with van der Waals surface area (Å²) in [5.74, 6) is 0.710. The standard InChI is InChI=1S/C12H25N3/c1-9-7-6-8-10(2)15(9)11(13)14-12(3,4)5/h9-10H,6-8H2,1-5H3,(H2,13,14). The van der Waals surface area contributed by atoms with E-state index in [1.54, 1.807) is 0 Å². The van der Waals surface area contributed by atoms with Gasteiger partial charge in [-0.3, -0.25) is 0 Å². The smallest absolute Gasteiger partial charge is 0.192 e. The van der Waals surface area contributed by atoms with Gasteiger partial charge in [-0.1, -0.05) is 0 Å². The summed E-state index contributed by atoms with van der Waals surface area (Å²) >= 11 is 0. The molecule has 2 N–H and O–H groups in total. The molecule has 0 aromatic rings. The molecule has 1 rings (SSSR count). The summed E-state index contributed by atoms with van der Waals surface area (Å²) in [6, 6.07) is 1.06. The van der Waals surface area contributed by atoms with Gasteiger partial charge in [0.2, 0.25) is 0 Å². The van der Waals surface area contributed by atoms with Crippen LogP contribution in [0.2, 0.25) is 0 Å². The Morgan fingerprint density at radius 2 is 1.67 bits per heavy atom. The van der Waals surface area contributed by atoms with Crippen LogP contribution in [0, 0.1) is 0 Å². The third-order valence-electron chi connectivity index (χ3n) is 2.91. The number of nitrogens with two attached hydrogens (primary N) is 1. The van der Waals surface area contributed by atoms with Gasteiger partial charge >= 0.3 is 0 Å². The molecule has 1 aliphatic rings. The highest BCUT2D eigenvalue weighted by Crippen LogP contribution is 2.22. The van der Waals surface area contributed by atoms with E-state index >= 15 is 0 Å². The molecule has 2 atom stereocenters. The minimum atomic E-state index is -0.0824. The number of guanidine groups is 1. The first-order valence-electron chi connectivity index (χ1n) is 5.95. The second-order valence-electron chi connectivity index (χ2n) is 5.68. The summed E-state index contributed by atoms with van der Waals surface area (Å²) in [5.41, 5.74) is 6.01. The Morgan fingerprint density at radius 1 is 1.20 bits per heavy atom. The molecule has 1 saturated heterocycles. The Balaban J connectivity index is 2.80. The predicted molar refractivity (Wildman–Crippen MR) is 66.0 cm³/mol. The lowest BCUT2D eigenvalue weighted by atomic mass is 9.98. The van der Waals surface area contributed by atoms with Crippen molar-refractivity contribution in [1.82, 2.24) is 4.90 Å². The number of piperidine rings is 1. The molecule has 0 radical (unpaired) electrons. The number of hydrogen-bond acceptors (Lipinski definition) is 1. The van der Waals surface area contributed by atoms with Crippen LogP contribution >= 0.6 is 0 Å². The van der Waals surface area contributed by atoms with Crippen LogP contribution in [-0.2, 0) is 0 Å². The Labute approximate surface area is 93.7 Å². The molecule has 0 aromatic heterocycles. The Bertz CT molecular complexity index is 230. The van der Waals surface area contributed by atoms with Crippen molar-refractivity contribution in [2.45, 2.75) is 71.5 Å². The molecule has 0 spiro atoms. The number of nitrogens with zero attached hydrogens (tertiary/aromatic N) is 2. The van der Waals surface area contributed by atoms with Gasteiger partial charge in [0.25, 0.3) is 0 Å². The second-order valence-corrected chi connectivity index (χ2v) is 5.68. The summed E-state index contributed by atoms with van der Waals surface area (Å²) in [5, 5.41) is 0. The molecule has 3 nitrogen and oxygen atoms in total. The highest BCUT2D eigenvalue weighted by molar-refractivity contribution is 5.79. The number of rotatable bonds is 0. The van der Waals surface area contributed by atoms with Crippen molar-refractivity contribution in [3.8, 4) is 0 Å². The van der Waals surface area contributed by atoms with Crippen molar-refractivity contribution in [2.75, 3.05) is 0 Å². The van der Waals surface area contributed by atoms with Crippen molar-refractivity contribution in [3.63, 3.8) is 0 Å². The fourth-order valence-corrected chi connectivity index (χ4v) is 2.27. The van der Waals surface area contributed by atoms with Gasteiger partial charge in [0.05, 0.1) is 5.54 Å². The zero-order valence-electron chi connectivity index (χ0n) is 10.7. The van der Waals surface area contributed by atoms with Crippen LogP contribution in [0.15, 0.2) is 4.99 Å². The van der Waals surface area contributed by atoms with Crippen LogP contribution in [0.1, 0.15) is 53.9 Å². The van der Waals surface area contributed by atoms with E-state index < -0.39 is 0 Å². The number of hydrogen-bond donors (Lipinski definition) is 1. The summed E-state index contributed by atoms with van der Waals surface area (Å²) in [6.07, 6.45) is 3.76. The fraction of sp³-hybridized carbons (Fsp3) is 0.917. The molecule has 88 valence electrons. The minimum absolute atomic E-state index is 0.0824. The summed E-state index contributed by atoms with van der Waals surface area (Å²) in [4.78, 5) is 6.83. The van der Waals surface area contributed by atoms with Gasteiger partial charge in [0.1, 0.15) is 0 Å². The van der Waals surface area contributed by atoms with E-state index in [9.17, 15) is 0 Å². The second kappa shape index (κ2) is 4.42. The van der Waals surface area contributed by atoms with Crippen molar-refractivity contribution in [1.29, 1.82) is 0 Å². The molecular weight excluding hydrogens is 186 g/mol. The van der Waals surface area contributed by atoms with E-state index in [4.69, 9.17) is 5.73 Å². The largest absolute Gasteiger partial charge is 0.370 e. The van der Waals surface area contributed by atoms with Crippen molar-refractivity contribution in [3.05, 3.63) is 0 Å². The molecule has 2 unspecified atom stereocenters. The van der Waals surface area contributed by atoms with Crippen LogP contribution in [-0.4, -0.2) is 28.5 Å². The van der Waals surface area contributed by atoms with Gasteiger partial charge in [0.15, 0.2) is 5.96 Å². The first-order chi connectivity index (χ1) is 6.81. The van der Waals surface area contributed by atoms with Crippen molar-refractivity contribution in [2.24, 2.45) is 10.7 Å². The molecule has 0 saturated carbocycles. The van der Waals surface area contributed by atoms with E-state index in [0.717, 1.165) is 0 Å². The van der Waals surface area contributed by atoms with Gasteiger partial charge in [-0.15, -0.1) is 0 Å². The molecule has 1 heterocycles. The number of aliphatic imine (C=N–C) groups is 1. The van der Waals surface area contributed by atoms with Gasteiger partial charge in [-0.25, -0.2) is 4.99 Å². The van der Waals surface area contributed by atoms with E-state index in [1.807, 2.05) is 0 Å². The molecule has 0 aromatic carbocycles. The van der Waals surface area contributed by atoms with Crippen molar-refractivity contribution < 1.29 is 0 Å². The zero-order chi connectivity index (χ0) is 11.6. The lowest BCUT2D eigenvalue weighted by Crippen LogP contribution is -2.51. The Morgan fingerprint density at radius 3 is 2.07 bits per heavy atom. The normalized spacial score (nSPS) is 29.4. The average Bonchev–Trinajstić information content (AvgIpc) is 1.99. The summed E-state index contributed by atoms with van der Waals surface area (Å²) < 4.78 is 0. The molecule has 3 heteroatoms. The monoisotopic (exact) mass is 211 g/mol. The zero-order valence-corrected chi connectivity index (χ0v) is 10.7. The molecule has 1 aliphatic heterocycles. The third-order valence-corrected chi connectivity index (χ3v) is 2.91. The summed E-state index contributed by atoms with van der Waals surface area (Å²) in [7, 11) is 0. The van der Waals surface area contributed by atoms with Gasteiger partial charge in [0, 0.05) is 12.1 Å². The van der Waals surface area contributed by atoms with E-state index in [0.29, 0.717) is 18.0 Å². The van der Waals surface area contributed by atoms with E-state index in [1.165, 1.54) is 19.3 Å². The molecule has 0 amide bonds. The predicted octanol–water partition coefficient (Wildman–Crippen LogP) is 2.36. The molecule has 0 bridgehead atoms. The maximum atomic E-state index is 6.09. The topological polar surface area (TPSA) is 41.6 Å². The quantitative estimate of drug-likeness (QED) is 0.493. The van der Waals surface area contributed by atoms with Crippen LogP contribution < -0.4 is 5.73 Å². The molecule has 15 heavy (non-hydrogen) atoms. The van der Waals surface area contributed by atoms with Gasteiger partial charge < -0.3 is 10.6 Å². The van der Waals surface area contributed by atoms with Crippen LogP contribution in [0.25, 0.3) is 0 Å². The van der Waals surface area contributed by atoms with Gasteiger partial charge in [-0.2, -0.15) is 0 Å². The fourth-order valence-electron chi connectivity index (χ4n) is 2.27. The van der Waals surface area contributed by atoms with Crippen LogP contribution in [0.5, 0.6) is 0 Å². The Kier molecular flexibility index (Phi) is 3.63. The Hall–Kier alpha value is -0.730. The minimum Gasteiger partial charge on any atom is -0.370 e. The highest BCUT2D eigenvalue weighted by Gasteiger charge is 2.26. The third kappa shape index (κ3) is 3.40. The molecular formula is C12H25N3. The first kappa shape index (κ1) is 12.3. The lowest BCUT2D eigenvalue weighted by Gasteiger charge is -2.40. The maximum absolute atomic E-state index is 6.09. The van der Waals surface area contributed by atoms with Crippen LogP contribution in [0.4, 0.5) is 0 Å². The first-order valence-corrected chi connectivity index (χ1v) is 5.95. The highest BCUT2D eigenvalue weighted by atomic mass is 15.3. The van der Waals surface area contributed by atoms with E-state index in [2.05, 4.69) is 44.5 Å². The average molecular weight is 211 g/mol. The lowest BCUT2D eigenvalue weighted by molar-refractivity contribution is 0.187. The van der Waals surface area contributed by atoms with Gasteiger partial charge in [-0.05, 0) is 53.9 Å². The molecule has 1 fully saturated rings. The molecule has 0 aliphatic carbocycles. The van der Waals surface area contributed by atoms with Crippen LogP contribution in [0.3, 0.4) is 0 Å². The number of likely N-dealkylation sites (tertiary alicyclic amines) is 1. The maximum Gasteiger partial charge on any atom is 0.192 e. The summed E-state index contributed by atoms with van der Waals surface area (Å²) in [6.45, 7) is 10.7. The van der Waals surface area contributed by atoms with E-state index in [-0.39, 0.29) is 5.54 Å².